The number of carbonyl (C=O) groups is 1. The van der Waals surface area contributed by atoms with Crippen LogP contribution in [0.5, 0.6) is 0 Å². The van der Waals surface area contributed by atoms with Crippen molar-refractivity contribution < 1.29 is 17.9 Å². The number of carbonyl (C=O) groups excluding carboxylic acids is 1. The summed E-state index contributed by atoms with van der Waals surface area (Å²) in [4.78, 5) is 13.6. The Hall–Kier alpha value is -1.44. The number of hydrogen-bond donors (Lipinski definition) is 0. The van der Waals surface area contributed by atoms with E-state index in [1.54, 1.807) is 41.6 Å². The number of anilines is 1. The molecule has 0 radical (unpaired) electrons. The lowest BCUT2D eigenvalue weighted by atomic mass is 10.0. The minimum Gasteiger partial charge on any atom is -0.384 e. The van der Waals surface area contributed by atoms with E-state index in [0.717, 1.165) is 24.1 Å². The lowest BCUT2D eigenvalue weighted by Crippen LogP contribution is -2.41. The molecule has 3 rings (SSSR count). The van der Waals surface area contributed by atoms with Crippen LogP contribution >= 0.6 is 0 Å². The van der Waals surface area contributed by atoms with Crippen molar-refractivity contribution in [2.24, 2.45) is 5.92 Å². The van der Waals surface area contributed by atoms with Crippen LogP contribution in [0.2, 0.25) is 0 Å². The lowest BCUT2D eigenvalue weighted by Gasteiger charge is -2.31. The number of benzene rings is 1. The van der Waals surface area contributed by atoms with Gasteiger partial charge in [-0.3, -0.25) is 4.79 Å². The first-order valence-electron chi connectivity index (χ1n) is 7.82. The number of methoxy groups -OCH3 is 1. The van der Waals surface area contributed by atoms with E-state index >= 15 is 0 Å². The summed E-state index contributed by atoms with van der Waals surface area (Å²) in [6.07, 6.45) is 2.10. The second kappa shape index (κ2) is 6.22. The van der Waals surface area contributed by atoms with E-state index in [1.165, 1.54) is 0 Å². The van der Waals surface area contributed by atoms with Crippen molar-refractivity contribution in [2.45, 2.75) is 24.2 Å². The highest BCUT2D eigenvalue weighted by atomic mass is 32.2. The minimum absolute atomic E-state index is 0.00678. The molecule has 23 heavy (non-hydrogen) atoms. The van der Waals surface area contributed by atoms with Crippen LogP contribution in [-0.4, -0.2) is 52.5 Å². The van der Waals surface area contributed by atoms with E-state index in [-0.39, 0.29) is 23.1 Å². The lowest BCUT2D eigenvalue weighted by molar-refractivity contribution is -0.117. The standard InChI is InChI=1S/C16H22N2O4S/c1-17-15-6-5-14(8-13(15)9-16(17)19)23(20,21)18-7-3-4-12(10-18)11-22-2/h5-6,8,12H,3-4,7,9-11H2,1-2H3. The van der Waals surface area contributed by atoms with E-state index in [2.05, 4.69) is 0 Å². The number of amides is 1. The molecule has 1 fully saturated rings. The van der Waals surface area contributed by atoms with Gasteiger partial charge < -0.3 is 9.64 Å². The van der Waals surface area contributed by atoms with Crippen molar-refractivity contribution in [3.05, 3.63) is 23.8 Å². The summed E-state index contributed by atoms with van der Waals surface area (Å²) in [6.45, 7) is 1.61. The molecule has 2 aliphatic rings. The molecule has 2 heterocycles. The molecule has 6 nitrogen and oxygen atoms in total. The van der Waals surface area contributed by atoms with Gasteiger partial charge in [-0.15, -0.1) is 0 Å². The first-order valence-corrected chi connectivity index (χ1v) is 9.26. The van der Waals surface area contributed by atoms with Crippen LogP contribution < -0.4 is 4.90 Å². The Balaban J connectivity index is 1.86. The van der Waals surface area contributed by atoms with Crippen LogP contribution in [0.15, 0.2) is 23.1 Å². The molecule has 1 amide bonds. The van der Waals surface area contributed by atoms with Crippen LogP contribution in [0.3, 0.4) is 0 Å². The quantitative estimate of drug-likeness (QED) is 0.829. The normalized spacial score (nSPS) is 22.4. The molecule has 7 heteroatoms. The molecular weight excluding hydrogens is 316 g/mol. The van der Waals surface area contributed by atoms with Crippen LogP contribution in [0, 0.1) is 5.92 Å². The third-order valence-electron chi connectivity index (χ3n) is 4.65. The van der Waals surface area contributed by atoms with Crippen molar-refractivity contribution in [3.63, 3.8) is 0 Å². The molecule has 0 aliphatic carbocycles. The fourth-order valence-electron chi connectivity index (χ4n) is 3.37. The Morgan fingerprint density at radius 1 is 1.35 bits per heavy atom. The van der Waals surface area contributed by atoms with Crippen molar-refractivity contribution in [1.82, 2.24) is 4.31 Å². The van der Waals surface area contributed by atoms with E-state index in [4.69, 9.17) is 4.74 Å². The SMILES string of the molecule is COCC1CCCN(S(=O)(=O)c2ccc3c(c2)CC(=O)N3C)C1. The smallest absolute Gasteiger partial charge is 0.243 e. The maximum atomic E-state index is 12.9. The van der Waals surface area contributed by atoms with Crippen molar-refractivity contribution in [1.29, 1.82) is 0 Å². The van der Waals surface area contributed by atoms with Gasteiger partial charge in [0.05, 0.1) is 17.9 Å². The van der Waals surface area contributed by atoms with Gasteiger partial charge in [0.25, 0.3) is 0 Å². The Labute approximate surface area is 137 Å². The van der Waals surface area contributed by atoms with Crippen LogP contribution in [0.25, 0.3) is 0 Å². The largest absolute Gasteiger partial charge is 0.384 e. The van der Waals surface area contributed by atoms with Gasteiger partial charge in [-0.2, -0.15) is 4.31 Å². The second-order valence-electron chi connectivity index (χ2n) is 6.25. The number of hydrogen-bond acceptors (Lipinski definition) is 4. The molecule has 2 aliphatic heterocycles. The Morgan fingerprint density at radius 2 is 2.13 bits per heavy atom. The van der Waals surface area contributed by atoms with Gasteiger partial charge in [0, 0.05) is 32.9 Å². The first-order chi connectivity index (χ1) is 10.9. The highest BCUT2D eigenvalue weighted by Crippen LogP contribution is 2.31. The summed E-state index contributed by atoms with van der Waals surface area (Å²) in [5, 5.41) is 0. The molecule has 1 saturated heterocycles. The predicted molar refractivity (Wildman–Crippen MR) is 86.9 cm³/mol. The van der Waals surface area contributed by atoms with Gasteiger partial charge in [-0.25, -0.2) is 8.42 Å². The molecule has 0 bridgehead atoms. The van der Waals surface area contributed by atoms with Gasteiger partial charge in [0.2, 0.25) is 15.9 Å². The van der Waals surface area contributed by atoms with Gasteiger partial charge in [-0.1, -0.05) is 0 Å². The van der Waals surface area contributed by atoms with E-state index < -0.39 is 10.0 Å². The minimum atomic E-state index is -3.52. The second-order valence-corrected chi connectivity index (χ2v) is 8.18. The number of rotatable bonds is 4. The number of nitrogens with zero attached hydrogens (tertiary/aromatic N) is 2. The van der Waals surface area contributed by atoms with E-state index in [0.29, 0.717) is 19.7 Å². The van der Waals surface area contributed by atoms with Crippen molar-refractivity contribution >= 4 is 21.6 Å². The van der Waals surface area contributed by atoms with Crippen LogP contribution in [0.4, 0.5) is 5.69 Å². The van der Waals surface area contributed by atoms with Gasteiger partial charge in [0.15, 0.2) is 0 Å². The van der Waals surface area contributed by atoms with Crippen molar-refractivity contribution in [2.75, 3.05) is 38.8 Å². The highest BCUT2D eigenvalue weighted by molar-refractivity contribution is 7.89. The Bertz CT molecular complexity index is 715. The third kappa shape index (κ3) is 3.00. The number of piperidine rings is 1. The van der Waals surface area contributed by atoms with E-state index in [9.17, 15) is 13.2 Å². The molecule has 0 aromatic heterocycles. The van der Waals surface area contributed by atoms with E-state index in [1.807, 2.05) is 0 Å². The van der Waals surface area contributed by atoms with Gasteiger partial charge >= 0.3 is 0 Å². The first kappa shape index (κ1) is 16.4. The monoisotopic (exact) mass is 338 g/mol. The fourth-order valence-corrected chi connectivity index (χ4v) is 4.98. The molecule has 0 saturated carbocycles. The topological polar surface area (TPSA) is 66.9 Å². The predicted octanol–water partition coefficient (Wildman–Crippen LogP) is 1.25. The van der Waals surface area contributed by atoms with Crippen LogP contribution in [-0.2, 0) is 26.0 Å². The maximum absolute atomic E-state index is 12.9. The maximum Gasteiger partial charge on any atom is 0.243 e. The number of likely N-dealkylation sites (N-methyl/N-ethyl adjacent to an activating group) is 1. The summed E-state index contributed by atoms with van der Waals surface area (Å²) in [7, 11) is -0.171. The zero-order valence-corrected chi connectivity index (χ0v) is 14.3. The van der Waals surface area contributed by atoms with Crippen molar-refractivity contribution in [3.8, 4) is 0 Å². The summed E-state index contributed by atoms with van der Waals surface area (Å²) < 4.78 is 32.5. The fraction of sp³-hybridized carbons (Fsp3) is 0.562. The average Bonchev–Trinajstić information content (AvgIpc) is 2.82. The molecule has 0 N–H and O–H groups in total. The molecule has 1 unspecified atom stereocenters. The molecule has 1 atom stereocenters. The molecule has 1 aromatic carbocycles. The zero-order valence-electron chi connectivity index (χ0n) is 13.5. The Kier molecular flexibility index (Phi) is 4.44. The molecule has 126 valence electrons. The summed E-state index contributed by atoms with van der Waals surface area (Å²) in [5.41, 5.74) is 1.58. The molecular formula is C16H22N2O4S. The molecule has 0 spiro atoms. The Morgan fingerprint density at radius 3 is 2.87 bits per heavy atom. The summed E-state index contributed by atoms with van der Waals surface area (Å²) in [6, 6.07) is 4.97. The number of ether oxygens (including phenoxy) is 1. The molecule has 1 aromatic rings. The number of sulfonamides is 1. The third-order valence-corrected chi connectivity index (χ3v) is 6.51. The summed E-state index contributed by atoms with van der Waals surface area (Å²) in [5.74, 6) is 0.235. The van der Waals surface area contributed by atoms with Gasteiger partial charge in [-0.05, 0) is 42.5 Å². The average molecular weight is 338 g/mol. The number of fused-ring (bicyclic) bond motifs is 1. The van der Waals surface area contributed by atoms with Gasteiger partial charge in [0.1, 0.15) is 0 Å². The summed E-state index contributed by atoms with van der Waals surface area (Å²) >= 11 is 0. The highest BCUT2D eigenvalue weighted by Gasteiger charge is 2.32. The van der Waals surface area contributed by atoms with Crippen LogP contribution in [0.1, 0.15) is 18.4 Å². The zero-order chi connectivity index (χ0) is 16.6.